The van der Waals surface area contributed by atoms with Crippen molar-refractivity contribution in [2.75, 3.05) is 46.4 Å². The lowest BCUT2D eigenvalue weighted by Gasteiger charge is -2.36. The number of aromatic nitrogens is 1. The zero-order chi connectivity index (χ0) is 19.3. The van der Waals surface area contributed by atoms with Crippen molar-refractivity contribution in [3.63, 3.8) is 0 Å². The third kappa shape index (κ3) is 8.17. The molecule has 1 N–H and O–H groups in total. The molecule has 0 bridgehead atoms. The Bertz CT molecular complexity index is 817. The number of piperazine rings is 1. The summed E-state index contributed by atoms with van der Waals surface area (Å²) in [5.74, 6) is 0.0211. The Balaban J connectivity index is 0.00000240. The Morgan fingerprint density at radius 2 is 1.88 bits per heavy atom. The molecule has 2 aliphatic rings. The van der Waals surface area contributed by atoms with E-state index in [0.717, 1.165) is 64.2 Å². The summed E-state index contributed by atoms with van der Waals surface area (Å²) in [6.07, 6.45) is 3.83. The highest BCUT2D eigenvalue weighted by molar-refractivity contribution is 5.86. The van der Waals surface area contributed by atoms with Crippen LogP contribution in [0.1, 0.15) is 16.8 Å². The summed E-state index contributed by atoms with van der Waals surface area (Å²) in [5.41, 5.74) is 3.74. The first-order valence-electron chi connectivity index (χ1n) is 10.1. The van der Waals surface area contributed by atoms with E-state index in [-0.39, 0.29) is 55.4 Å². The van der Waals surface area contributed by atoms with Gasteiger partial charge in [0.25, 0.3) is 0 Å². The van der Waals surface area contributed by atoms with Gasteiger partial charge in [0.05, 0.1) is 7.11 Å². The molecule has 0 saturated carbocycles. The van der Waals surface area contributed by atoms with Crippen LogP contribution < -0.4 is 10.1 Å². The fraction of sp³-hybridized carbons (Fsp3) is 0.500. The highest BCUT2D eigenvalue weighted by atomic mass is 35.5. The van der Waals surface area contributed by atoms with Gasteiger partial charge in [-0.1, -0.05) is 12.1 Å². The lowest BCUT2D eigenvalue weighted by atomic mass is 10.0. The average molecular weight is 530 g/mol. The molecule has 0 spiro atoms. The fourth-order valence-electron chi connectivity index (χ4n) is 4.25. The monoisotopic (exact) mass is 528 g/mol. The molecule has 0 amide bonds. The minimum absolute atomic E-state index is 0. The van der Waals surface area contributed by atoms with Crippen LogP contribution in [0.5, 0.6) is 5.75 Å². The summed E-state index contributed by atoms with van der Waals surface area (Å²) in [5, 5.41) is 3.60. The van der Waals surface area contributed by atoms with Gasteiger partial charge in [-0.25, -0.2) is 4.39 Å². The second-order valence-corrected chi connectivity index (χ2v) is 7.76. The van der Waals surface area contributed by atoms with Gasteiger partial charge < -0.3 is 10.1 Å². The standard InChI is InChI=1S/C22H29FN4O.4ClH/c1-28-22-14-17(4-5-20(22)23)13-19-16-27(10-8-24-19)12-11-26-9-6-21-18(15-26)3-2-7-25-21;;;;/h2-5,7,14,19,24H,6,8-13,15-16H2,1H3;4*1H/t19-;;;;/m1..../s1. The lowest BCUT2D eigenvalue weighted by molar-refractivity contribution is 0.158. The van der Waals surface area contributed by atoms with Crippen molar-refractivity contribution in [1.29, 1.82) is 0 Å². The minimum atomic E-state index is -0.303. The first-order valence-corrected chi connectivity index (χ1v) is 10.1. The van der Waals surface area contributed by atoms with Crippen molar-refractivity contribution in [3.8, 4) is 5.75 Å². The van der Waals surface area contributed by atoms with Crippen molar-refractivity contribution in [3.05, 3.63) is 59.2 Å². The van der Waals surface area contributed by atoms with Crippen molar-refractivity contribution in [1.82, 2.24) is 20.1 Å². The molecule has 5 nitrogen and oxygen atoms in total. The van der Waals surface area contributed by atoms with Crippen molar-refractivity contribution in [2.24, 2.45) is 0 Å². The summed E-state index contributed by atoms with van der Waals surface area (Å²) in [7, 11) is 1.51. The van der Waals surface area contributed by atoms with Crippen LogP contribution in [0.3, 0.4) is 0 Å². The van der Waals surface area contributed by atoms with Gasteiger partial charge in [0, 0.05) is 70.2 Å². The third-order valence-corrected chi connectivity index (χ3v) is 5.81. The van der Waals surface area contributed by atoms with E-state index in [2.05, 4.69) is 26.2 Å². The molecule has 0 unspecified atom stereocenters. The molecule has 2 aliphatic heterocycles. The number of rotatable bonds is 6. The van der Waals surface area contributed by atoms with Crippen LogP contribution in [0.25, 0.3) is 0 Å². The summed E-state index contributed by atoms with van der Waals surface area (Å²) < 4.78 is 18.7. The summed E-state index contributed by atoms with van der Waals surface area (Å²) in [6.45, 7) is 7.37. The molecule has 1 aromatic carbocycles. The zero-order valence-corrected chi connectivity index (χ0v) is 21.4. The molecule has 4 rings (SSSR count). The molecular formula is C22H33Cl4FN4O. The molecule has 0 radical (unpaired) electrons. The molecule has 1 aromatic heterocycles. The topological polar surface area (TPSA) is 40.6 Å². The minimum Gasteiger partial charge on any atom is -0.494 e. The number of hydrogen-bond acceptors (Lipinski definition) is 5. The number of fused-ring (bicyclic) bond motifs is 1. The van der Waals surface area contributed by atoms with E-state index in [1.165, 1.54) is 24.4 Å². The Morgan fingerprint density at radius 3 is 2.66 bits per heavy atom. The van der Waals surface area contributed by atoms with E-state index >= 15 is 0 Å². The third-order valence-electron chi connectivity index (χ3n) is 5.81. The first-order chi connectivity index (χ1) is 13.7. The van der Waals surface area contributed by atoms with Gasteiger partial charge in [-0.2, -0.15) is 0 Å². The molecule has 1 atom stereocenters. The quantitative estimate of drug-likeness (QED) is 0.616. The Labute approximate surface area is 215 Å². The number of nitrogens with one attached hydrogen (secondary N) is 1. The van der Waals surface area contributed by atoms with Crippen molar-refractivity contribution in [2.45, 2.75) is 25.4 Å². The molecule has 2 aromatic rings. The number of pyridine rings is 1. The van der Waals surface area contributed by atoms with Crippen LogP contribution in [0.15, 0.2) is 36.5 Å². The normalized spacial score (nSPS) is 18.1. The zero-order valence-electron chi connectivity index (χ0n) is 18.2. The summed E-state index contributed by atoms with van der Waals surface area (Å²) in [6, 6.07) is 9.79. The Morgan fingerprint density at radius 1 is 1.09 bits per heavy atom. The van der Waals surface area contributed by atoms with Crippen LogP contribution in [-0.2, 0) is 19.4 Å². The predicted molar refractivity (Wildman–Crippen MR) is 137 cm³/mol. The average Bonchev–Trinajstić information content (AvgIpc) is 2.74. The molecule has 32 heavy (non-hydrogen) atoms. The molecule has 182 valence electrons. The van der Waals surface area contributed by atoms with E-state index in [0.29, 0.717) is 11.8 Å². The number of hydrogen-bond donors (Lipinski definition) is 1. The van der Waals surface area contributed by atoms with Crippen LogP contribution in [0.2, 0.25) is 0 Å². The number of benzene rings is 1. The van der Waals surface area contributed by atoms with Crippen LogP contribution in [0.4, 0.5) is 4.39 Å². The fourth-order valence-corrected chi connectivity index (χ4v) is 4.25. The van der Waals surface area contributed by atoms with Crippen molar-refractivity contribution < 1.29 is 9.13 Å². The SMILES string of the molecule is COc1cc(C[C@@H]2CN(CCN3CCc4ncccc4C3)CCN2)ccc1F.Cl.Cl.Cl.Cl. The number of ether oxygens (including phenoxy) is 1. The summed E-state index contributed by atoms with van der Waals surface area (Å²) >= 11 is 0. The van der Waals surface area contributed by atoms with Gasteiger partial charge in [-0.15, -0.1) is 49.6 Å². The molecule has 1 saturated heterocycles. The second-order valence-electron chi connectivity index (χ2n) is 7.76. The first kappa shape index (κ1) is 31.1. The molecule has 0 aliphatic carbocycles. The van der Waals surface area contributed by atoms with Gasteiger partial charge in [0.15, 0.2) is 11.6 Å². The maximum atomic E-state index is 13.6. The summed E-state index contributed by atoms with van der Waals surface area (Å²) in [4.78, 5) is 9.57. The molecule has 3 heterocycles. The number of methoxy groups -OCH3 is 1. The van der Waals surface area contributed by atoms with Crippen LogP contribution in [0, 0.1) is 5.82 Å². The van der Waals surface area contributed by atoms with Gasteiger partial charge in [0.2, 0.25) is 0 Å². The Hall–Kier alpha value is -0.860. The second kappa shape index (κ2) is 15.1. The van der Waals surface area contributed by atoms with E-state index < -0.39 is 0 Å². The van der Waals surface area contributed by atoms with E-state index in [4.69, 9.17) is 4.74 Å². The van der Waals surface area contributed by atoms with Gasteiger partial charge in [0.1, 0.15) is 0 Å². The molecule has 1 fully saturated rings. The van der Waals surface area contributed by atoms with E-state index in [9.17, 15) is 4.39 Å². The van der Waals surface area contributed by atoms with Gasteiger partial charge >= 0.3 is 0 Å². The molecular weight excluding hydrogens is 497 g/mol. The number of halogens is 5. The lowest BCUT2D eigenvalue weighted by Crippen LogP contribution is -2.53. The van der Waals surface area contributed by atoms with Gasteiger partial charge in [-0.05, 0) is 35.7 Å². The van der Waals surface area contributed by atoms with Crippen LogP contribution in [-0.4, -0.2) is 67.2 Å². The highest BCUT2D eigenvalue weighted by Crippen LogP contribution is 2.20. The van der Waals surface area contributed by atoms with Gasteiger partial charge in [-0.3, -0.25) is 14.8 Å². The van der Waals surface area contributed by atoms with Crippen molar-refractivity contribution >= 4 is 49.6 Å². The molecule has 10 heteroatoms. The highest BCUT2D eigenvalue weighted by Gasteiger charge is 2.22. The Kier molecular flexibility index (Phi) is 14.7. The predicted octanol–water partition coefficient (Wildman–Crippen LogP) is 3.79. The smallest absolute Gasteiger partial charge is 0.165 e. The van der Waals surface area contributed by atoms with Crippen LogP contribution >= 0.6 is 49.6 Å². The number of nitrogens with zero attached hydrogens (tertiary/aromatic N) is 3. The van der Waals surface area contributed by atoms with E-state index in [1.807, 2.05) is 24.4 Å². The largest absolute Gasteiger partial charge is 0.494 e. The van der Waals surface area contributed by atoms with E-state index in [1.54, 1.807) is 0 Å². The maximum absolute atomic E-state index is 13.6. The maximum Gasteiger partial charge on any atom is 0.165 e.